The maximum atomic E-state index is 10.4. The van der Waals surface area contributed by atoms with E-state index >= 15 is 0 Å². The van der Waals surface area contributed by atoms with Crippen LogP contribution in [0.3, 0.4) is 0 Å². The molecule has 2 rings (SSSR count). The number of aryl methyl sites for hydroxylation is 2. The zero-order chi connectivity index (χ0) is 11.5. The second kappa shape index (κ2) is 4.44. The Kier molecular flexibility index (Phi) is 3.00. The number of aldehydes is 1. The van der Waals surface area contributed by atoms with Gasteiger partial charge in [0.1, 0.15) is 5.76 Å². The highest BCUT2D eigenvalue weighted by Crippen LogP contribution is 2.24. The van der Waals surface area contributed by atoms with E-state index in [1.807, 2.05) is 13.8 Å². The highest BCUT2D eigenvalue weighted by atomic mass is 32.2. The topological polar surface area (TPSA) is 68.9 Å². The molecule has 0 N–H and O–H groups in total. The van der Waals surface area contributed by atoms with E-state index < -0.39 is 0 Å². The van der Waals surface area contributed by atoms with Gasteiger partial charge < -0.3 is 4.42 Å². The van der Waals surface area contributed by atoms with Crippen LogP contribution in [0.15, 0.2) is 27.2 Å². The van der Waals surface area contributed by atoms with E-state index in [1.165, 1.54) is 24.2 Å². The van der Waals surface area contributed by atoms with Gasteiger partial charge in [-0.25, -0.2) is 15.0 Å². The molecule has 0 aliphatic heterocycles. The van der Waals surface area contributed by atoms with Gasteiger partial charge in [-0.1, -0.05) is 0 Å². The molecule has 0 saturated carbocycles. The van der Waals surface area contributed by atoms with E-state index in [9.17, 15) is 4.79 Å². The number of carbonyl (C=O) groups is 1. The maximum Gasteiger partial charge on any atom is 0.264 e. The van der Waals surface area contributed by atoms with E-state index in [4.69, 9.17) is 4.42 Å². The van der Waals surface area contributed by atoms with Gasteiger partial charge in [-0.2, -0.15) is 0 Å². The molecular formula is C10H9N3O2S. The summed E-state index contributed by atoms with van der Waals surface area (Å²) >= 11 is 1.23. The monoisotopic (exact) mass is 235 g/mol. The van der Waals surface area contributed by atoms with Crippen molar-refractivity contribution in [1.82, 2.24) is 15.0 Å². The summed E-state index contributed by atoms with van der Waals surface area (Å²) in [6, 6.07) is 0. The molecule has 5 nitrogen and oxygen atoms in total. The van der Waals surface area contributed by atoms with Gasteiger partial charge >= 0.3 is 0 Å². The van der Waals surface area contributed by atoms with Crippen LogP contribution >= 0.6 is 11.8 Å². The molecule has 2 aromatic heterocycles. The first kappa shape index (κ1) is 10.8. The average molecular weight is 235 g/mol. The largest absolute Gasteiger partial charge is 0.436 e. The van der Waals surface area contributed by atoms with Crippen LogP contribution in [0.25, 0.3) is 0 Å². The zero-order valence-corrected chi connectivity index (χ0v) is 9.61. The summed E-state index contributed by atoms with van der Waals surface area (Å²) in [5.41, 5.74) is 1.30. The summed E-state index contributed by atoms with van der Waals surface area (Å²) in [6.45, 7) is 3.72. The fourth-order valence-electron chi connectivity index (χ4n) is 1.00. The van der Waals surface area contributed by atoms with Crippen molar-refractivity contribution in [1.29, 1.82) is 0 Å². The molecule has 0 radical (unpaired) electrons. The molecule has 2 aromatic rings. The van der Waals surface area contributed by atoms with E-state index in [-0.39, 0.29) is 0 Å². The standard InChI is InChI=1S/C10H9N3O2S/c1-6-7(2)15-10(13-6)16-9-11-3-8(5-14)4-12-9/h3-5H,1-2H3. The lowest BCUT2D eigenvalue weighted by atomic mass is 10.4. The molecule has 0 atom stereocenters. The molecule has 6 heteroatoms. The van der Waals surface area contributed by atoms with E-state index in [0.29, 0.717) is 22.2 Å². The van der Waals surface area contributed by atoms with Crippen LogP contribution < -0.4 is 0 Å². The normalized spacial score (nSPS) is 10.4. The van der Waals surface area contributed by atoms with Gasteiger partial charge in [0.2, 0.25) is 0 Å². The molecule has 0 fully saturated rings. The minimum absolute atomic E-state index is 0.448. The quantitative estimate of drug-likeness (QED) is 0.599. The van der Waals surface area contributed by atoms with Crippen LogP contribution in [0.1, 0.15) is 21.8 Å². The third kappa shape index (κ3) is 2.27. The minimum atomic E-state index is 0.448. The number of aromatic nitrogens is 3. The maximum absolute atomic E-state index is 10.4. The van der Waals surface area contributed by atoms with Crippen LogP contribution in [0.2, 0.25) is 0 Å². The molecule has 0 amide bonds. The smallest absolute Gasteiger partial charge is 0.264 e. The molecular weight excluding hydrogens is 226 g/mol. The first-order valence-electron chi connectivity index (χ1n) is 4.58. The van der Waals surface area contributed by atoms with Gasteiger partial charge in [-0.15, -0.1) is 0 Å². The molecule has 82 valence electrons. The number of oxazole rings is 1. The van der Waals surface area contributed by atoms with E-state index in [2.05, 4.69) is 15.0 Å². The van der Waals surface area contributed by atoms with Crippen molar-refractivity contribution in [2.45, 2.75) is 24.2 Å². The Morgan fingerprint density at radius 3 is 2.50 bits per heavy atom. The molecule has 0 unspecified atom stereocenters. The summed E-state index contributed by atoms with van der Waals surface area (Å²) in [7, 11) is 0. The van der Waals surface area contributed by atoms with Gasteiger partial charge in [0, 0.05) is 24.2 Å². The SMILES string of the molecule is Cc1nc(Sc2ncc(C=O)cn2)oc1C. The first-order chi connectivity index (χ1) is 7.69. The average Bonchev–Trinajstić information content (AvgIpc) is 2.59. The van der Waals surface area contributed by atoms with Crippen molar-refractivity contribution in [2.75, 3.05) is 0 Å². The van der Waals surface area contributed by atoms with Crippen LogP contribution in [-0.4, -0.2) is 21.2 Å². The van der Waals surface area contributed by atoms with Crippen molar-refractivity contribution in [2.24, 2.45) is 0 Å². The number of carbonyl (C=O) groups excluding carboxylic acids is 1. The Morgan fingerprint density at radius 1 is 1.31 bits per heavy atom. The fraction of sp³-hybridized carbons (Fsp3) is 0.200. The van der Waals surface area contributed by atoms with Crippen molar-refractivity contribution >= 4 is 18.0 Å². The number of nitrogens with zero attached hydrogens (tertiary/aromatic N) is 3. The fourth-order valence-corrected chi connectivity index (χ4v) is 1.72. The van der Waals surface area contributed by atoms with Crippen LogP contribution in [0, 0.1) is 13.8 Å². The van der Waals surface area contributed by atoms with E-state index in [1.54, 1.807) is 0 Å². The Balaban J connectivity index is 2.17. The van der Waals surface area contributed by atoms with Crippen molar-refractivity contribution in [3.63, 3.8) is 0 Å². The molecule has 16 heavy (non-hydrogen) atoms. The second-order valence-electron chi connectivity index (χ2n) is 3.14. The summed E-state index contributed by atoms with van der Waals surface area (Å²) in [5.74, 6) is 0.784. The molecule has 0 aromatic carbocycles. The molecule has 0 aliphatic carbocycles. The minimum Gasteiger partial charge on any atom is -0.436 e. The molecule has 0 aliphatic rings. The third-order valence-electron chi connectivity index (χ3n) is 1.97. The van der Waals surface area contributed by atoms with Crippen molar-refractivity contribution in [3.05, 3.63) is 29.4 Å². The predicted molar refractivity (Wildman–Crippen MR) is 57.5 cm³/mol. The van der Waals surface area contributed by atoms with Gasteiger partial charge in [-0.05, 0) is 13.8 Å². The zero-order valence-electron chi connectivity index (χ0n) is 8.80. The third-order valence-corrected chi connectivity index (χ3v) is 2.71. The Morgan fingerprint density at radius 2 is 2.00 bits per heavy atom. The molecule has 0 saturated heterocycles. The van der Waals surface area contributed by atoms with Gasteiger partial charge in [0.25, 0.3) is 5.22 Å². The lowest BCUT2D eigenvalue weighted by Gasteiger charge is -1.94. The molecule has 0 bridgehead atoms. The van der Waals surface area contributed by atoms with Crippen LogP contribution in [0.5, 0.6) is 0 Å². The molecule has 2 heterocycles. The molecule has 0 spiro atoms. The van der Waals surface area contributed by atoms with Crippen LogP contribution in [-0.2, 0) is 0 Å². The lowest BCUT2D eigenvalue weighted by molar-refractivity contribution is 0.112. The summed E-state index contributed by atoms with van der Waals surface area (Å²) < 4.78 is 5.38. The number of rotatable bonds is 3. The number of hydrogen-bond donors (Lipinski definition) is 0. The Bertz CT molecular complexity index is 488. The van der Waals surface area contributed by atoms with Crippen molar-refractivity contribution in [3.8, 4) is 0 Å². The highest BCUT2D eigenvalue weighted by Gasteiger charge is 2.09. The van der Waals surface area contributed by atoms with E-state index in [0.717, 1.165) is 11.5 Å². The predicted octanol–water partition coefficient (Wildman–Crippen LogP) is 2.05. The van der Waals surface area contributed by atoms with Gasteiger partial charge in [0.15, 0.2) is 11.4 Å². The van der Waals surface area contributed by atoms with Crippen molar-refractivity contribution < 1.29 is 9.21 Å². The second-order valence-corrected chi connectivity index (χ2v) is 4.06. The van der Waals surface area contributed by atoms with Crippen LogP contribution in [0.4, 0.5) is 0 Å². The van der Waals surface area contributed by atoms with Gasteiger partial charge in [0.05, 0.1) is 11.3 Å². The highest BCUT2D eigenvalue weighted by molar-refractivity contribution is 7.98. The number of hydrogen-bond acceptors (Lipinski definition) is 6. The first-order valence-corrected chi connectivity index (χ1v) is 5.40. The Labute approximate surface area is 96.3 Å². The van der Waals surface area contributed by atoms with Gasteiger partial charge in [-0.3, -0.25) is 4.79 Å². The summed E-state index contributed by atoms with van der Waals surface area (Å²) in [4.78, 5) is 22.6. The summed E-state index contributed by atoms with van der Waals surface area (Å²) in [5, 5.41) is 1.01. The lowest BCUT2D eigenvalue weighted by Crippen LogP contribution is -1.89. The Hall–Kier alpha value is -1.69. The summed E-state index contributed by atoms with van der Waals surface area (Å²) in [6.07, 6.45) is 3.63.